The van der Waals surface area contributed by atoms with Crippen molar-refractivity contribution in [3.05, 3.63) is 191 Å². The Hall–Kier alpha value is -5.86. The zero-order valence-corrected chi connectivity index (χ0v) is 31.4. The predicted molar refractivity (Wildman–Crippen MR) is 223 cm³/mol. The molecule has 53 heavy (non-hydrogen) atoms. The molecule has 0 spiro atoms. The van der Waals surface area contributed by atoms with E-state index in [0.717, 1.165) is 22.5 Å². The van der Waals surface area contributed by atoms with E-state index in [1.807, 2.05) is 12.4 Å². The Morgan fingerprint density at radius 2 is 0.792 bits per heavy atom. The third kappa shape index (κ3) is 5.31. The van der Waals surface area contributed by atoms with E-state index in [4.69, 9.17) is 9.97 Å². The zero-order valence-electron chi connectivity index (χ0n) is 31.4. The molecule has 0 saturated carbocycles. The molecular formula is C51H44N2. The van der Waals surface area contributed by atoms with Gasteiger partial charge in [0.25, 0.3) is 0 Å². The smallest absolute Gasteiger partial charge is 0.0714 e. The second-order valence-corrected chi connectivity index (χ2v) is 16.7. The Labute approximate surface area is 313 Å². The lowest BCUT2D eigenvalue weighted by atomic mass is 9.66. The van der Waals surface area contributed by atoms with Crippen molar-refractivity contribution in [2.45, 2.75) is 57.8 Å². The standard InChI is InChI=1S/C51H44N2/c1-49(2,3)35-23-25-52-47(31-35)43-29-37(27-33-15-7-9-17-39(33)43)51(45-21-13-11-19-41(45)42-20-12-14-22-46(42)51)38-28-34-16-8-10-18-40(34)44(30-38)48-32-36(24-26-53-48)50(4,5)6/h7-32H,1-6H3. The minimum absolute atomic E-state index is 0.00448. The number of pyridine rings is 2. The van der Waals surface area contributed by atoms with Crippen LogP contribution in [0.3, 0.4) is 0 Å². The van der Waals surface area contributed by atoms with E-state index in [1.165, 1.54) is 66.1 Å². The van der Waals surface area contributed by atoms with E-state index in [2.05, 4.69) is 187 Å². The summed E-state index contributed by atoms with van der Waals surface area (Å²) in [5, 5.41) is 4.80. The van der Waals surface area contributed by atoms with Crippen LogP contribution in [0.1, 0.15) is 74.9 Å². The maximum Gasteiger partial charge on any atom is 0.0714 e. The molecule has 0 bridgehead atoms. The summed E-state index contributed by atoms with van der Waals surface area (Å²) in [6.07, 6.45) is 3.95. The van der Waals surface area contributed by atoms with Gasteiger partial charge in [0.15, 0.2) is 0 Å². The van der Waals surface area contributed by atoms with Gasteiger partial charge >= 0.3 is 0 Å². The third-order valence-corrected chi connectivity index (χ3v) is 11.3. The summed E-state index contributed by atoms with van der Waals surface area (Å²) < 4.78 is 0. The maximum atomic E-state index is 5.04. The van der Waals surface area contributed by atoms with E-state index in [9.17, 15) is 0 Å². The van der Waals surface area contributed by atoms with Crippen molar-refractivity contribution in [1.29, 1.82) is 0 Å². The van der Waals surface area contributed by atoms with Crippen LogP contribution in [-0.4, -0.2) is 9.97 Å². The highest BCUT2D eigenvalue weighted by molar-refractivity contribution is 6.01. The fourth-order valence-electron chi connectivity index (χ4n) is 8.59. The highest BCUT2D eigenvalue weighted by atomic mass is 14.7. The average Bonchev–Trinajstić information content (AvgIpc) is 3.47. The summed E-state index contributed by atoms with van der Waals surface area (Å²) in [5.41, 5.74) is 13.8. The summed E-state index contributed by atoms with van der Waals surface area (Å²) in [6.45, 7) is 13.6. The lowest BCUT2D eigenvalue weighted by Crippen LogP contribution is -2.29. The molecule has 0 aliphatic heterocycles. The van der Waals surface area contributed by atoms with E-state index in [1.54, 1.807) is 0 Å². The molecule has 9 rings (SSSR count). The van der Waals surface area contributed by atoms with Gasteiger partial charge < -0.3 is 0 Å². The fourth-order valence-corrected chi connectivity index (χ4v) is 8.59. The number of rotatable bonds is 4. The Kier molecular flexibility index (Phi) is 7.54. The van der Waals surface area contributed by atoms with Crippen LogP contribution >= 0.6 is 0 Å². The normalized spacial score (nSPS) is 13.6. The average molecular weight is 685 g/mol. The van der Waals surface area contributed by atoms with Gasteiger partial charge in [-0.1, -0.05) is 139 Å². The minimum atomic E-state index is -0.617. The van der Waals surface area contributed by atoms with Crippen LogP contribution in [0.25, 0.3) is 55.2 Å². The van der Waals surface area contributed by atoms with Crippen LogP contribution in [0.5, 0.6) is 0 Å². The van der Waals surface area contributed by atoms with Crippen molar-refractivity contribution in [3.63, 3.8) is 0 Å². The van der Waals surface area contributed by atoms with Crippen LogP contribution in [0, 0.1) is 0 Å². The van der Waals surface area contributed by atoms with Crippen LogP contribution < -0.4 is 0 Å². The second kappa shape index (κ2) is 12.1. The Morgan fingerprint density at radius 3 is 1.23 bits per heavy atom. The van der Waals surface area contributed by atoms with Gasteiger partial charge in [-0.25, -0.2) is 0 Å². The molecule has 0 N–H and O–H groups in total. The summed E-state index contributed by atoms with van der Waals surface area (Å²) in [5.74, 6) is 0. The monoisotopic (exact) mass is 684 g/mol. The Balaban J connectivity index is 1.42. The van der Waals surface area contributed by atoms with Crippen LogP contribution in [0.15, 0.2) is 158 Å². The summed E-state index contributed by atoms with van der Waals surface area (Å²) in [4.78, 5) is 10.1. The molecule has 258 valence electrons. The third-order valence-electron chi connectivity index (χ3n) is 11.3. The first-order valence-electron chi connectivity index (χ1n) is 18.7. The van der Waals surface area contributed by atoms with E-state index in [0.29, 0.717) is 0 Å². The molecule has 6 aromatic carbocycles. The van der Waals surface area contributed by atoms with Crippen molar-refractivity contribution in [2.24, 2.45) is 0 Å². The Morgan fingerprint density at radius 1 is 0.396 bits per heavy atom. The Bertz CT molecular complexity index is 2510. The van der Waals surface area contributed by atoms with Crippen LogP contribution in [0.4, 0.5) is 0 Å². The number of fused-ring (bicyclic) bond motifs is 5. The minimum Gasteiger partial charge on any atom is -0.256 e. The largest absolute Gasteiger partial charge is 0.256 e. The number of benzene rings is 6. The van der Waals surface area contributed by atoms with Crippen molar-refractivity contribution in [3.8, 4) is 33.6 Å². The number of hydrogen-bond acceptors (Lipinski definition) is 2. The van der Waals surface area contributed by atoms with Gasteiger partial charge in [0.2, 0.25) is 0 Å². The molecule has 0 atom stereocenters. The first kappa shape index (κ1) is 33.0. The van der Waals surface area contributed by atoms with Gasteiger partial charge in [0.05, 0.1) is 16.8 Å². The molecule has 2 heteroatoms. The maximum absolute atomic E-state index is 5.04. The topological polar surface area (TPSA) is 25.8 Å². The highest BCUT2D eigenvalue weighted by Crippen LogP contribution is 2.57. The zero-order chi connectivity index (χ0) is 36.5. The summed E-state index contributed by atoms with van der Waals surface area (Å²) in [7, 11) is 0. The SMILES string of the molecule is CC(C)(C)c1ccnc(-c2cc(C3(c4cc(-c5cc(C(C)(C)C)ccn5)c5ccccc5c4)c4ccccc4-c4ccccc43)cc3ccccc23)c1. The molecule has 2 nitrogen and oxygen atoms in total. The lowest BCUT2D eigenvalue weighted by Gasteiger charge is -2.35. The van der Waals surface area contributed by atoms with Gasteiger partial charge in [0, 0.05) is 23.5 Å². The quantitative estimate of drug-likeness (QED) is 0.184. The summed E-state index contributed by atoms with van der Waals surface area (Å²) >= 11 is 0. The fraction of sp³-hybridized carbons (Fsp3) is 0.176. The first-order chi connectivity index (χ1) is 25.5. The number of aromatic nitrogens is 2. The molecule has 0 radical (unpaired) electrons. The van der Waals surface area contributed by atoms with E-state index < -0.39 is 5.41 Å². The van der Waals surface area contributed by atoms with E-state index in [-0.39, 0.29) is 10.8 Å². The van der Waals surface area contributed by atoms with Crippen molar-refractivity contribution in [1.82, 2.24) is 9.97 Å². The molecule has 2 heterocycles. The van der Waals surface area contributed by atoms with Gasteiger partial charge in [-0.15, -0.1) is 0 Å². The van der Waals surface area contributed by atoms with Gasteiger partial charge in [0.1, 0.15) is 0 Å². The molecule has 0 amide bonds. The molecule has 1 aliphatic carbocycles. The molecule has 2 aromatic heterocycles. The predicted octanol–water partition coefficient (Wildman–Crippen LogP) is 13.1. The molecule has 8 aromatic rings. The first-order valence-corrected chi connectivity index (χ1v) is 18.7. The second-order valence-electron chi connectivity index (χ2n) is 16.7. The molecule has 0 unspecified atom stereocenters. The molecule has 0 saturated heterocycles. The lowest BCUT2D eigenvalue weighted by molar-refractivity contribution is 0.589. The highest BCUT2D eigenvalue weighted by Gasteiger charge is 2.46. The van der Waals surface area contributed by atoms with Gasteiger partial charge in [-0.2, -0.15) is 0 Å². The van der Waals surface area contributed by atoms with Gasteiger partial charge in [-0.3, -0.25) is 9.97 Å². The van der Waals surface area contributed by atoms with E-state index >= 15 is 0 Å². The summed E-state index contributed by atoms with van der Waals surface area (Å²) in [6, 6.07) is 54.2. The van der Waals surface area contributed by atoms with Crippen molar-refractivity contribution < 1.29 is 0 Å². The molecule has 1 aliphatic rings. The van der Waals surface area contributed by atoms with Gasteiger partial charge in [-0.05, 0) is 125 Å². The van der Waals surface area contributed by atoms with Crippen LogP contribution in [0.2, 0.25) is 0 Å². The molecule has 0 fully saturated rings. The van der Waals surface area contributed by atoms with Crippen LogP contribution in [-0.2, 0) is 16.2 Å². The number of hydrogen-bond donors (Lipinski definition) is 0. The number of nitrogens with zero attached hydrogens (tertiary/aromatic N) is 2. The van der Waals surface area contributed by atoms with Crippen molar-refractivity contribution in [2.75, 3.05) is 0 Å². The van der Waals surface area contributed by atoms with Crippen molar-refractivity contribution >= 4 is 21.5 Å². The molecular weight excluding hydrogens is 641 g/mol.